The van der Waals surface area contributed by atoms with Gasteiger partial charge in [-0.25, -0.2) is 8.42 Å². The Bertz CT molecular complexity index is 1220. The van der Waals surface area contributed by atoms with Gasteiger partial charge in [0, 0.05) is 38.4 Å². The van der Waals surface area contributed by atoms with E-state index in [1.54, 1.807) is 0 Å². The summed E-state index contributed by atoms with van der Waals surface area (Å²) in [6, 6.07) is 22.0. The highest BCUT2D eigenvalue weighted by Gasteiger charge is 2.29. The Morgan fingerprint density at radius 1 is 0.939 bits per heavy atom. The summed E-state index contributed by atoms with van der Waals surface area (Å²) in [6.45, 7) is 4.26. The van der Waals surface area contributed by atoms with E-state index in [-0.39, 0.29) is 15.5 Å². The fourth-order valence-electron chi connectivity index (χ4n) is 3.80. The van der Waals surface area contributed by atoms with Crippen LogP contribution in [0.5, 0.6) is 0 Å². The van der Waals surface area contributed by atoms with Gasteiger partial charge in [0.2, 0.25) is 10.0 Å². The number of nitrogens with zero attached hydrogens (tertiary/aromatic N) is 2. The summed E-state index contributed by atoms with van der Waals surface area (Å²) in [6.07, 6.45) is 0. The van der Waals surface area contributed by atoms with Gasteiger partial charge in [0.15, 0.2) is 0 Å². The number of rotatable bonds is 6. The highest BCUT2D eigenvalue weighted by atomic mass is 35.5. The molecule has 1 aliphatic heterocycles. The average molecular weight is 484 g/mol. The quantitative estimate of drug-likeness (QED) is 0.573. The van der Waals surface area contributed by atoms with E-state index in [9.17, 15) is 13.2 Å². The van der Waals surface area contributed by atoms with Gasteiger partial charge in [-0.2, -0.15) is 4.31 Å². The number of aryl methyl sites for hydroxylation is 1. The van der Waals surface area contributed by atoms with Gasteiger partial charge < -0.3 is 10.2 Å². The van der Waals surface area contributed by atoms with E-state index in [0.29, 0.717) is 32.7 Å². The van der Waals surface area contributed by atoms with Crippen LogP contribution in [0.4, 0.5) is 5.69 Å². The van der Waals surface area contributed by atoms with Crippen LogP contribution in [0.15, 0.2) is 77.7 Å². The highest BCUT2D eigenvalue weighted by molar-refractivity contribution is 7.89. The third-order valence-electron chi connectivity index (χ3n) is 5.75. The van der Waals surface area contributed by atoms with Crippen LogP contribution in [-0.4, -0.2) is 44.8 Å². The summed E-state index contributed by atoms with van der Waals surface area (Å²) in [5.74, 6) is -0.411. The van der Waals surface area contributed by atoms with Crippen molar-refractivity contribution < 1.29 is 13.2 Å². The van der Waals surface area contributed by atoms with E-state index in [4.69, 9.17) is 11.6 Å². The molecule has 1 aliphatic rings. The third kappa shape index (κ3) is 5.38. The second-order valence-corrected chi connectivity index (χ2v) is 10.4. The molecule has 0 atom stereocenters. The van der Waals surface area contributed by atoms with Crippen LogP contribution >= 0.6 is 11.6 Å². The summed E-state index contributed by atoms with van der Waals surface area (Å²) in [5.41, 5.74) is 3.31. The zero-order valence-electron chi connectivity index (χ0n) is 18.4. The highest BCUT2D eigenvalue weighted by Crippen LogP contribution is 2.25. The van der Waals surface area contributed by atoms with E-state index in [2.05, 4.69) is 10.2 Å². The van der Waals surface area contributed by atoms with Crippen molar-refractivity contribution in [2.24, 2.45) is 0 Å². The van der Waals surface area contributed by atoms with E-state index in [1.807, 2.05) is 61.5 Å². The summed E-state index contributed by atoms with van der Waals surface area (Å²) < 4.78 is 28.0. The van der Waals surface area contributed by atoms with E-state index in [0.717, 1.165) is 16.8 Å². The summed E-state index contributed by atoms with van der Waals surface area (Å²) in [7, 11) is -3.74. The Morgan fingerprint density at radius 3 is 2.27 bits per heavy atom. The molecule has 0 aliphatic carbocycles. The zero-order valence-corrected chi connectivity index (χ0v) is 19.9. The third-order valence-corrected chi connectivity index (χ3v) is 7.98. The Balaban J connectivity index is 1.45. The minimum atomic E-state index is -3.74. The number of carbonyl (C=O) groups is 1. The van der Waals surface area contributed by atoms with Gasteiger partial charge in [0.1, 0.15) is 0 Å². The first-order chi connectivity index (χ1) is 15.8. The first kappa shape index (κ1) is 23.3. The molecule has 1 fully saturated rings. The minimum absolute atomic E-state index is 0.0700. The molecule has 0 bridgehead atoms. The van der Waals surface area contributed by atoms with Crippen molar-refractivity contribution in [3.8, 4) is 0 Å². The van der Waals surface area contributed by atoms with Crippen LogP contribution in [-0.2, 0) is 16.6 Å². The molecule has 0 radical (unpaired) electrons. The molecule has 4 rings (SSSR count). The zero-order chi connectivity index (χ0) is 23.4. The predicted molar refractivity (Wildman–Crippen MR) is 131 cm³/mol. The van der Waals surface area contributed by atoms with Crippen molar-refractivity contribution in [1.29, 1.82) is 0 Å². The first-order valence-electron chi connectivity index (χ1n) is 10.8. The number of nitrogens with one attached hydrogen (secondary N) is 1. The number of para-hydroxylation sites is 1. The average Bonchev–Trinajstić information content (AvgIpc) is 2.84. The number of halogens is 1. The number of anilines is 1. The fourth-order valence-corrected chi connectivity index (χ4v) is 5.45. The maximum atomic E-state index is 13.3. The normalized spacial score (nSPS) is 14.8. The molecule has 33 heavy (non-hydrogen) atoms. The Labute approximate surface area is 199 Å². The second-order valence-electron chi connectivity index (χ2n) is 8.04. The largest absolute Gasteiger partial charge is 0.369 e. The SMILES string of the molecule is Cc1ccc(CNC(=O)c2cc(S(=O)(=O)N3CCN(c4ccccc4)CC3)ccc2Cl)cc1. The molecule has 3 aromatic rings. The Morgan fingerprint density at radius 2 is 1.61 bits per heavy atom. The molecule has 0 spiro atoms. The van der Waals surface area contributed by atoms with Crippen LogP contribution < -0.4 is 10.2 Å². The molecule has 6 nitrogen and oxygen atoms in total. The molecule has 172 valence electrons. The topological polar surface area (TPSA) is 69.7 Å². The van der Waals surface area contributed by atoms with Crippen molar-refractivity contribution in [1.82, 2.24) is 9.62 Å². The van der Waals surface area contributed by atoms with Crippen LogP contribution in [0.3, 0.4) is 0 Å². The van der Waals surface area contributed by atoms with Crippen molar-refractivity contribution in [3.63, 3.8) is 0 Å². The fraction of sp³-hybridized carbons (Fsp3) is 0.240. The molecule has 1 amide bonds. The van der Waals surface area contributed by atoms with E-state index >= 15 is 0 Å². The number of amides is 1. The number of piperazine rings is 1. The molecule has 3 aromatic carbocycles. The maximum absolute atomic E-state index is 13.3. The maximum Gasteiger partial charge on any atom is 0.253 e. The van der Waals surface area contributed by atoms with Gasteiger partial charge in [-0.3, -0.25) is 4.79 Å². The number of sulfonamides is 1. The Kier molecular flexibility index (Phi) is 7.02. The lowest BCUT2D eigenvalue weighted by Gasteiger charge is -2.35. The number of benzene rings is 3. The van der Waals surface area contributed by atoms with Gasteiger partial charge in [0.05, 0.1) is 15.5 Å². The monoisotopic (exact) mass is 483 g/mol. The van der Waals surface area contributed by atoms with Crippen molar-refractivity contribution in [2.75, 3.05) is 31.1 Å². The molecule has 8 heteroatoms. The molecular weight excluding hydrogens is 458 g/mol. The van der Waals surface area contributed by atoms with Crippen LogP contribution in [0.2, 0.25) is 5.02 Å². The van der Waals surface area contributed by atoms with Crippen molar-refractivity contribution in [3.05, 3.63) is 94.5 Å². The van der Waals surface area contributed by atoms with Crippen LogP contribution in [0.25, 0.3) is 0 Å². The minimum Gasteiger partial charge on any atom is -0.369 e. The Hall–Kier alpha value is -2.87. The lowest BCUT2D eigenvalue weighted by atomic mass is 10.1. The van der Waals surface area contributed by atoms with Crippen LogP contribution in [0, 0.1) is 6.92 Å². The second kappa shape index (κ2) is 9.95. The number of hydrogen-bond donors (Lipinski definition) is 1. The lowest BCUT2D eigenvalue weighted by Crippen LogP contribution is -2.48. The number of carbonyl (C=O) groups excluding carboxylic acids is 1. The van der Waals surface area contributed by atoms with Crippen LogP contribution in [0.1, 0.15) is 21.5 Å². The van der Waals surface area contributed by atoms with Crippen molar-refractivity contribution in [2.45, 2.75) is 18.4 Å². The summed E-state index contributed by atoms with van der Waals surface area (Å²) >= 11 is 6.24. The number of hydrogen-bond acceptors (Lipinski definition) is 4. The molecule has 0 saturated carbocycles. The van der Waals surface area contributed by atoms with Gasteiger partial charge in [-0.05, 0) is 42.8 Å². The van der Waals surface area contributed by atoms with Gasteiger partial charge in [-0.1, -0.05) is 59.6 Å². The first-order valence-corrected chi connectivity index (χ1v) is 12.6. The predicted octanol–water partition coefficient (Wildman–Crippen LogP) is 4.09. The summed E-state index contributed by atoms with van der Waals surface area (Å²) in [4.78, 5) is 15.0. The molecule has 1 heterocycles. The summed E-state index contributed by atoms with van der Waals surface area (Å²) in [5, 5.41) is 3.03. The lowest BCUT2D eigenvalue weighted by molar-refractivity contribution is 0.0951. The van der Waals surface area contributed by atoms with Crippen molar-refractivity contribution >= 4 is 33.2 Å². The smallest absolute Gasteiger partial charge is 0.253 e. The molecule has 0 aromatic heterocycles. The van der Waals surface area contributed by atoms with Gasteiger partial charge in [0.25, 0.3) is 5.91 Å². The van der Waals surface area contributed by atoms with Gasteiger partial charge in [-0.15, -0.1) is 0 Å². The molecule has 1 N–H and O–H groups in total. The van der Waals surface area contributed by atoms with E-state index in [1.165, 1.54) is 22.5 Å². The van der Waals surface area contributed by atoms with Gasteiger partial charge >= 0.3 is 0 Å². The molecular formula is C25H26ClN3O3S. The standard InChI is InChI=1S/C25H26ClN3O3S/c1-19-7-9-20(10-8-19)18-27-25(30)23-17-22(11-12-24(23)26)33(31,32)29-15-13-28(14-16-29)21-5-3-2-4-6-21/h2-12,17H,13-16,18H2,1H3,(H,27,30). The molecule has 1 saturated heterocycles. The van der Waals surface area contributed by atoms with E-state index < -0.39 is 15.9 Å². The molecule has 0 unspecified atom stereocenters.